The number of aliphatic hydroxyl groups excluding tert-OH is 1. The van der Waals surface area contributed by atoms with Gasteiger partial charge in [0.15, 0.2) is 0 Å². The number of fused-ring (bicyclic) bond motifs is 2. The van der Waals surface area contributed by atoms with E-state index in [0.717, 1.165) is 54.2 Å². The number of anilines is 1. The first-order chi connectivity index (χ1) is 22.8. The number of nitrogens with two attached hydrogens (primary N) is 1. The van der Waals surface area contributed by atoms with Crippen molar-refractivity contribution >= 4 is 11.6 Å². The van der Waals surface area contributed by atoms with E-state index in [9.17, 15) is 9.90 Å². The molecule has 4 fully saturated rings. The van der Waals surface area contributed by atoms with Crippen LogP contribution in [0.25, 0.3) is 11.1 Å². The largest absolute Gasteiger partial charge is 0.496 e. The molecule has 2 aromatic rings. The Bertz CT molecular complexity index is 1410. The molecular weight excluding hydrogens is 604 g/mol. The number of likely N-dealkylation sites (N-methyl/N-ethyl adjacent to an activating group) is 1. The molecule has 8 atom stereocenters. The molecule has 0 radical (unpaired) electrons. The van der Waals surface area contributed by atoms with Crippen LogP contribution in [0.4, 0.5) is 5.69 Å². The summed E-state index contributed by atoms with van der Waals surface area (Å²) in [4.78, 5) is 24.9. The second-order valence-corrected chi connectivity index (χ2v) is 15.5. The third-order valence-electron chi connectivity index (χ3n) is 11.6. The number of nitrogens with one attached hydrogen (secondary N) is 2. The zero-order chi connectivity index (χ0) is 34.9. The number of methoxy groups -OCH3 is 1. The molecule has 3 aliphatic carbocycles. The molecular formula is C38H60N6O4. The number of ether oxygens (including phenoxy) is 1. The standard InChI is InChI=1S/C38H60N6O4/c1-23-31-18-28(38(31,3)4)19-32(23)41-37(46)35-34(24(2)45)33(20-39)48-44(35)22-26-11-10-12-30(36(26)47-9)27-15-25(16-29(17-27)43(7)8)21-40-13-14-42(5)6/h10-12,15-17,23-24,28,31-35,40,45H,13-14,18-22,39H2,1-9H3,(H,41,46)/t23-,24-,28+,31+,32-,33-,34-,35-/m0/s1. The van der Waals surface area contributed by atoms with E-state index < -0.39 is 24.2 Å². The van der Waals surface area contributed by atoms with E-state index in [0.29, 0.717) is 29.7 Å². The highest BCUT2D eigenvalue weighted by atomic mass is 16.7. The Morgan fingerprint density at radius 3 is 2.54 bits per heavy atom. The van der Waals surface area contributed by atoms with Crippen LogP contribution in [-0.4, -0.2) is 100 Å². The summed E-state index contributed by atoms with van der Waals surface area (Å²) in [5, 5.41) is 19.7. The number of carbonyl (C=O) groups excluding carboxylic acids is 1. The van der Waals surface area contributed by atoms with Gasteiger partial charge in [-0.3, -0.25) is 9.63 Å². The fraction of sp³-hybridized carbons (Fsp3) is 0.658. The van der Waals surface area contributed by atoms with E-state index in [1.807, 2.05) is 12.1 Å². The van der Waals surface area contributed by atoms with Gasteiger partial charge in [-0.25, -0.2) is 0 Å². The van der Waals surface area contributed by atoms with Gasteiger partial charge in [-0.15, -0.1) is 0 Å². The van der Waals surface area contributed by atoms with Crippen molar-refractivity contribution < 1.29 is 19.5 Å². The van der Waals surface area contributed by atoms with Gasteiger partial charge < -0.3 is 36.0 Å². The predicted octanol–water partition coefficient (Wildman–Crippen LogP) is 3.71. The van der Waals surface area contributed by atoms with Gasteiger partial charge in [-0.1, -0.05) is 39.0 Å². The number of benzene rings is 2. The van der Waals surface area contributed by atoms with E-state index in [1.54, 1.807) is 19.1 Å². The number of para-hydroxylation sites is 1. The summed E-state index contributed by atoms with van der Waals surface area (Å²) in [6.45, 7) is 11.9. The van der Waals surface area contributed by atoms with Crippen molar-refractivity contribution in [3.8, 4) is 16.9 Å². The summed E-state index contributed by atoms with van der Waals surface area (Å²) in [6, 6.07) is 12.1. The average molecular weight is 665 g/mol. The van der Waals surface area contributed by atoms with Crippen molar-refractivity contribution in [3.63, 3.8) is 0 Å². The van der Waals surface area contributed by atoms with Crippen molar-refractivity contribution in [1.29, 1.82) is 0 Å². The van der Waals surface area contributed by atoms with Crippen LogP contribution in [0.5, 0.6) is 5.75 Å². The van der Waals surface area contributed by atoms with Crippen molar-refractivity contribution in [1.82, 2.24) is 20.6 Å². The third kappa shape index (κ3) is 7.39. The van der Waals surface area contributed by atoms with Gasteiger partial charge in [0.05, 0.1) is 25.9 Å². The van der Waals surface area contributed by atoms with Gasteiger partial charge >= 0.3 is 0 Å². The van der Waals surface area contributed by atoms with Crippen LogP contribution in [0.2, 0.25) is 0 Å². The van der Waals surface area contributed by atoms with Crippen LogP contribution in [0, 0.1) is 29.1 Å². The van der Waals surface area contributed by atoms with Crippen molar-refractivity contribution in [2.24, 2.45) is 34.8 Å². The highest BCUT2D eigenvalue weighted by Crippen LogP contribution is 2.61. The maximum absolute atomic E-state index is 14.2. The molecule has 2 aromatic carbocycles. The van der Waals surface area contributed by atoms with Crippen LogP contribution in [0.15, 0.2) is 36.4 Å². The summed E-state index contributed by atoms with van der Waals surface area (Å²) in [5.74, 6) is 1.78. The molecule has 10 nitrogen and oxygen atoms in total. The van der Waals surface area contributed by atoms with Crippen LogP contribution in [0.1, 0.15) is 51.7 Å². The molecule has 1 heterocycles. The van der Waals surface area contributed by atoms with E-state index in [1.165, 1.54) is 12.0 Å². The number of aliphatic hydroxyl groups is 1. The molecule has 5 N–H and O–H groups in total. The minimum atomic E-state index is -0.776. The summed E-state index contributed by atoms with van der Waals surface area (Å²) >= 11 is 0. The fourth-order valence-electron chi connectivity index (χ4n) is 8.60. The monoisotopic (exact) mass is 664 g/mol. The predicted molar refractivity (Wildman–Crippen MR) is 193 cm³/mol. The normalized spacial score (nSPS) is 28.6. The molecule has 0 unspecified atom stereocenters. The number of hydroxylamine groups is 2. The van der Waals surface area contributed by atoms with E-state index >= 15 is 0 Å². The zero-order valence-electron chi connectivity index (χ0n) is 30.6. The highest BCUT2D eigenvalue weighted by Gasteiger charge is 2.57. The Morgan fingerprint density at radius 1 is 1.19 bits per heavy atom. The fourth-order valence-corrected chi connectivity index (χ4v) is 8.60. The molecule has 4 aliphatic rings. The second-order valence-electron chi connectivity index (χ2n) is 15.5. The van der Waals surface area contributed by atoms with Gasteiger partial charge in [0, 0.05) is 69.0 Å². The van der Waals surface area contributed by atoms with E-state index in [4.69, 9.17) is 15.3 Å². The van der Waals surface area contributed by atoms with Crippen molar-refractivity contribution in [2.75, 3.05) is 59.8 Å². The van der Waals surface area contributed by atoms with Gasteiger partial charge in [0.1, 0.15) is 11.8 Å². The Morgan fingerprint density at radius 2 is 1.94 bits per heavy atom. The molecule has 6 rings (SSSR count). The quantitative estimate of drug-likeness (QED) is 0.225. The lowest BCUT2D eigenvalue weighted by molar-refractivity contribution is -0.175. The average Bonchev–Trinajstić information content (AvgIpc) is 3.42. The first-order valence-corrected chi connectivity index (χ1v) is 17.7. The van der Waals surface area contributed by atoms with Gasteiger partial charge in [-0.05, 0) is 86.4 Å². The number of rotatable bonds is 14. The van der Waals surface area contributed by atoms with E-state index in [-0.39, 0.29) is 18.5 Å². The lowest BCUT2D eigenvalue weighted by Gasteiger charge is -2.62. The molecule has 2 bridgehead atoms. The molecule has 3 saturated carbocycles. The number of hydrogen-bond donors (Lipinski definition) is 4. The first-order valence-electron chi connectivity index (χ1n) is 17.7. The molecule has 48 heavy (non-hydrogen) atoms. The summed E-state index contributed by atoms with van der Waals surface area (Å²) in [6.07, 6.45) is 0.971. The smallest absolute Gasteiger partial charge is 0.240 e. The minimum Gasteiger partial charge on any atom is -0.496 e. The van der Waals surface area contributed by atoms with Crippen LogP contribution in [0.3, 0.4) is 0 Å². The summed E-state index contributed by atoms with van der Waals surface area (Å²) < 4.78 is 6.11. The first kappa shape index (κ1) is 36.5. The van der Waals surface area contributed by atoms with Gasteiger partial charge in [-0.2, -0.15) is 5.06 Å². The molecule has 1 amide bonds. The highest BCUT2D eigenvalue weighted by molar-refractivity contribution is 5.83. The number of amides is 1. The molecule has 0 aromatic heterocycles. The molecule has 1 saturated heterocycles. The van der Waals surface area contributed by atoms with Crippen LogP contribution >= 0.6 is 0 Å². The zero-order valence-corrected chi connectivity index (χ0v) is 30.6. The molecule has 10 heteroatoms. The number of hydrogen-bond acceptors (Lipinski definition) is 9. The van der Waals surface area contributed by atoms with Gasteiger partial charge in [0.25, 0.3) is 0 Å². The molecule has 0 spiro atoms. The topological polar surface area (TPSA) is 116 Å². The molecule has 266 valence electrons. The molecule has 1 aliphatic heterocycles. The van der Waals surface area contributed by atoms with E-state index in [2.05, 4.69) is 93.7 Å². The van der Waals surface area contributed by atoms with Crippen LogP contribution < -0.4 is 26.0 Å². The minimum absolute atomic E-state index is 0.104. The number of nitrogens with zero attached hydrogens (tertiary/aromatic N) is 3. The lowest BCUT2D eigenvalue weighted by atomic mass is 9.45. The Labute approximate surface area is 288 Å². The van der Waals surface area contributed by atoms with Gasteiger partial charge in [0.2, 0.25) is 5.91 Å². The Kier molecular flexibility index (Phi) is 11.4. The maximum atomic E-state index is 14.2. The Balaban J connectivity index is 1.42. The summed E-state index contributed by atoms with van der Waals surface area (Å²) in [7, 11) is 9.95. The number of carbonyl (C=O) groups is 1. The SMILES string of the molecule is COc1c(CN2O[C@@H](CN)[C@H]([C@H](C)O)[C@H]2C(=O)N[C@H]2C[C@H]3C[C@H]([C@@H]2C)C3(C)C)cccc1-c1cc(CNCCN(C)C)cc(N(C)C)c1. The Hall–Kier alpha value is -2.73. The summed E-state index contributed by atoms with van der Waals surface area (Å²) in [5.41, 5.74) is 11.7. The third-order valence-corrected chi connectivity index (χ3v) is 11.6. The maximum Gasteiger partial charge on any atom is 0.240 e. The van der Waals surface area contributed by atoms with Crippen LogP contribution in [-0.2, 0) is 22.7 Å². The second kappa shape index (κ2) is 15.0. The van der Waals surface area contributed by atoms with Crippen molar-refractivity contribution in [2.45, 2.75) is 77.9 Å². The van der Waals surface area contributed by atoms with Crippen molar-refractivity contribution in [3.05, 3.63) is 47.5 Å². The lowest BCUT2D eigenvalue weighted by Crippen LogP contribution is -2.62.